The molecule has 0 aromatic heterocycles. The van der Waals surface area contributed by atoms with Gasteiger partial charge in [0.15, 0.2) is 5.60 Å². The van der Waals surface area contributed by atoms with E-state index in [1.54, 1.807) is 12.1 Å². The summed E-state index contributed by atoms with van der Waals surface area (Å²) in [6, 6.07) is 9.15. The average molecular weight is 205 g/mol. The van der Waals surface area contributed by atoms with Crippen molar-refractivity contribution in [2.45, 2.75) is 24.9 Å². The molecule has 2 rings (SSSR count). The van der Waals surface area contributed by atoms with Gasteiger partial charge in [-0.2, -0.15) is 0 Å². The number of hydrogen-bond acceptors (Lipinski definition) is 2. The van der Waals surface area contributed by atoms with E-state index in [4.69, 9.17) is 0 Å². The summed E-state index contributed by atoms with van der Waals surface area (Å²) in [5.74, 6) is -0.272. The van der Waals surface area contributed by atoms with Gasteiger partial charge in [0, 0.05) is 6.54 Å². The van der Waals surface area contributed by atoms with E-state index < -0.39 is 5.60 Å². The lowest BCUT2D eigenvalue weighted by Gasteiger charge is -2.24. The first kappa shape index (κ1) is 10.2. The number of carbonyl (C=O) groups excluding carboxylic acids is 1. The van der Waals surface area contributed by atoms with Crippen molar-refractivity contribution in [2.24, 2.45) is 0 Å². The van der Waals surface area contributed by atoms with Crippen molar-refractivity contribution in [2.75, 3.05) is 6.54 Å². The highest BCUT2D eigenvalue weighted by molar-refractivity contribution is 5.86. The van der Waals surface area contributed by atoms with Crippen LogP contribution in [0.4, 0.5) is 0 Å². The van der Waals surface area contributed by atoms with Gasteiger partial charge >= 0.3 is 0 Å². The summed E-state index contributed by atoms with van der Waals surface area (Å²) in [5, 5.41) is 13.1. The number of carbonyl (C=O) groups is 1. The first-order valence-corrected chi connectivity index (χ1v) is 5.30. The van der Waals surface area contributed by atoms with Crippen LogP contribution in [0.2, 0.25) is 0 Å². The second-order valence-electron chi connectivity index (χ2n) is 3.94. The normalized spacial score (nSPS) is 26.9. The monoisotopic (exact) mass is 205 g/mol. The molecule has 1 aromatic carbocycles. The van der Waals surface area contributed by atoms with Crippen LogP contribution in [0, 0.1) is 0 Å². The molecule has 1 saturated heterocycles. The lowest BCUT2D eigenvalue weighted by molar-refractivity contribution is -0.140. The van der Waals surface area contributed by atoms with Gasteiger partial charge in [0.05, 0.1) is 0 Å². The first-order chi connectivity index (χ1) is 7.23. The number of rotatable bonds is 1. The summed E-state index contributed by atoms with van der Waals surface area (Å²) < 4.78 is 0. The van der Waals surface area contributed by atoms with Crippen LogP contribution >= 0.6 is 0 Å². The molecular formula is C12H15NO2. The molecule has 3 heteroatoms. The summed E-state index contributed by atoms with van der Waals surface area (Å²) in [6.07, 6.45) is 2.30. The zero-order valence-electron chi connectivity index (χ0n) is 8.57. The summed E-state index contributed by atoms with van der Waals surface area (Å²) in [6.45, 7) is 0.661. The maximum Gasteiger partial charge on any atom is 0.256 e. The number of nitrogens with one attached hydrogen (secondary N) is 1. The van der Waals surface area contributed by atoms with Crippen molar-refractivity contribution in [1.29, 1.82) is 0 Å². The van der Waals surface area contributed by atoms with Gasteiger partial charge in [-0.3, -0.25) is 4.79 Å². The largest absolute Gasteiger partial charge is 0.375 e. The van der Waals surface area contributed by atoms with Gasteiger partial charge in [0.25, 0.3) is 5.91 Å². The number of benzene rings is 1. The molecule has 1 amide bonds. The van der Waals surface area contributed by atoms with E-state index in [1.165, 1.54) is 0 Å². The molecule has 3 nitrogen and oxygen atoms in total. The van der Waals surface area contributed by atoms with E-state index in [0.717, 1.165) is 12.8 Å². The zero-order chi connectivity index (χ0) is 10.7. The first-order valence-electron chi connectivity index (χ1n) is 5.30. The molecule has 0 radical (unpaired) electrons. The Hall–Kier alpha value is -1.35. The molecule has 1 aliphatic rings. The molecule has 1 aliphatic heterocycles. The van der Waals surface area contributed by atoms with E-state index in [9.17, 15) is 9.90 Å². The predicted octanol–water partition coefficient (Wildman–Crippen LogP) is 1.17. The molecule has 1 atom stereocenters. The molecule has 2 N–H and O–H groups in total. The minimum absolute atomic E-state index is 0.272. The van der Waals surface area contributed by atoms with Crippen LogP contribution in [0.1, 0.15) is 24.8 Å². The summed E-state index contributed by atoms with van der Waals surface area (Å²) in [7, 11) is 0. The third-order valence-electron chi connectivity index (χ3n) is 2.88. The Bertz CT molecular complexity index is 350. The SMILES string of the molecule is O=C1NCCCC[C@]1(O)c1ccccc1. The molecule has 80 valence electrons. The highest BCUT2D eigenvalue weighted by Crippen LogP contribution is 2.28. The van der Waals surface area contributed by atoms with E-state index >= 15 is 0 Å². The van der Waals surface area contributed by atoms with E-state index in [0.29, 0.717) is 18.5 Å². The van der Waals surface area contributed by atoms with E-state index in [1.807, 2.05) is 18.2 Å². The van der Waals surface area contributed by atoms with Gasteiger partial charge in [-0.1, -0.05) is 30.3 Å². The van der Waals surface area contributed by atoms with Crippen LogP contribution in [0.3, 0.4) is 0 Å². The van der Waals surface area contributed by atoms with E-state index in [-0.39, 0.29) is 5.91 Å². The smallest absolute Gasteiger partial charge is 0.256 e. The van der Waals surface area contributed by atoms with Crippen LogP contribution in [0.15, 0.2) is 30.3 Å². The van der Waals surface area contributed by atoms with Crippen molar-refractivity contribution in [3.8, 4) is 0 Å². The topological polar surface area (TPSA) is 49.3 Å². The Labute approximate surface area is 89.1 Å². The fourth-order valence-electron chi connectivity index (χ4n) is 1.96. The summed E-state index contributed by atoms with van der Waals surface area (Å²) in [4.78, 5) is 11.8. The second kappa shape index (κ2) is 4.03. The quantitative estimate of drug-likeness (QED) is 0.723. The van der Waals surface area contributed by atoms with Gasteiger partial charge in [-0.05, 0) is 24.8 Å². The van der Waals surface area contributed by atoms with Gasteiger partial charge in [-0.15, -0.1) is 0 Å². The van der Waals surface area contributed by atoms with Crippen LogP contribution in [-0.2, 0) is 10.4 Å². The third-order valence-corrected chi connectivity index (χ3v) is 2.88. The lowest BCUT2D eigenvalue weighted by Crippen LogP contribution is -2.42. The van der Waals surface area contributed by atoms with Crippen molar-refractivity contribution in [3.05, 3.63) is 35.9 Å². The molecule has 0 aliphatic carbocycles. The minimum atomic E-state index is -1.34. The van der Waals surface area contributed by atoms with Crippen LogP contribution in [0.5, 0.6) is 0 Å². The lowest BCUT2D eigenvalue weighted by atomic mass is 9.89. The molecule has 15 heavy (non-hydrogen) atoms. The Balaban J connectivity index is 2.34. The molecule has 1 fully saturated rings. The second-order valence-corrected chi connectivity index (χ2v) is 3.94. The average Bonchev–Trinajstić information content (AvgIpc) is 2.44. The Morgan fingerprint density at radius 1 is 1.20 bits per heavy atom. The highest BCUT2D eigenvalue weighted by Gasteiger charge is 2.38. The third kappa shape index (κ3) is 1.88. The standard InChI is InChI=1S/C12H15NO2/c14-11-12(15,8-4-5-9-13-11)10-6-2-1-3-7-10/h1-3,6-7,15H,4-5,8-9H2,(H,13,14)/t12-/m0/s1. The summed E-state index contributed by atoms with van der Waals surface area (Å²) in [5.41, 5.74) is -0.651. The number of aliphatic hydroxyl groups is 1. The fraction of sp³-hybridized carbons (Fsp3) is 0.417. The van der Waals surface area contributed by atoms with E-state index in [2.05, 4.69) is 5.32 Å². The summed E-state index contributed by atoms with van der Waals surface area (Å²) >= 11 is 0. The number of amides is 1. The van der Waals surface area contributed by atoms with Crippen molar-refractivity contribution < 1.29 is 9.90 Å². The molecule has 1 aromatic rings. The van der Waals surface area contributed by atoms with Crippen molar-refractivity contribution >= 4 is 5.91 Å². The van der Waals surface area contributed by atoms with Crippen molar-refractivity contribution in [1.82, 2.24) is 5.32 Å². The molecule has 0 spiro atoms. The van der Waals surface area contributed by atoms with Gasteiger partial charge < -0.3 is 10.4 Å². The predicted molar refractivity (Wildman–Crippen MR) is 57.2 cm³/mol. The van der Waals surface area contributed by atoms with Gasteiger partial charge in [-0.25, -0.2) is 0 Å². The van der Waals surface area contributed by atoms with Gasteiger partial charge in [0.1, 0.15) is 0 Å². The Morgan fingerprint density at radius 2 is 1.93 bits per heavy atom. The number of hydrogen-bond donors (Lipinski definition) is 2. The Morgan fingerprint density at radius 3 is 2.67 bits per heavy atom. The minimum Gasteiger partial charge on any atom is -0.375 e. The van der Waals surface area contributed by atoms with Crippen LogP contribution < -0.4 is 5.32 Å². The maximum absolute atomic E-state index is 11.8. The molecular weight excluding hydrogens is 190 g/mol. The maximum atomic E-state index is 11.8. The van der Waals surface area contributed by atoms with Crippen LogP contribution in [0.25, 0.3) is 0 Å². The zero-order valence-corrected chi connectivity index (χ0v) is 8.57. The molecule has 0 unspecified atom stereocenters. The Kier molecular flexibility index (Phi) is 2.73. The molecule has 0 bridgehead atoms. The molecule has 1 heterocycles. The van der Waals surface area contributed by atoms with Crippen LogP contribution in [-0.4, -0.2) is 17.6 Å². The molecule has 0 saturated carbocycles. The van der Waals surface area contributed by atoms with Gasteiger partial charge in [0.2, 0.25) is 0 Å². The fourth-order valence-corrected chi connectivity index (χ4v) is 1.96. The highest BCUT2D eigenvalue weighted by atomic mass is 16.3. The van der Waals surface area contributed by atoms with Crippen molar-refractivity contribution in [3.63, 3.8) is 0 Å².